The maximum Gasteiger partial charge on any atom is 0.242 e. The van der Waals surface area contributed by atoms with Crippen LogP contribution in [0.25, 0.3) is 0 Å². The second-order valence-corrected chi connectivity index (χ2v) is 6.03. The van der Waals surface area contributed by atoms with Crippen molar-refractivity contribution in [3.8, 4) is 0 Å². The van der Waals surface area contributed by atoms with Gasteiger partial charge >= 0.3 is 0 Å². The van der Waals surface area contributed by atoms with Crippen LogP contribution in [0.3, 0.4) is 0 Å². The van der Waals surface area contributed by atoms with Gasteiger partial charge in [-0.1, -0.05) is 0 Å². The van der Waals surface area contributed by atoms with Gasteiger partial charge in [0.1, 0.15) is 5.82 Å². The van der Waals surface area contributed by atoms with E-state index in [2.05, 4.69) is 15.9 Å². The summed E-state index contributed by atoms with van der Waals surface area (Å²) in [4.78, 5) is -0.135. The van der Waals surface area contributed by atoms with Crippen molar-refractivity contribution >= 4 is 26.0 Å². The van der Waals surface area contributed by atoms with Crippen molar-refractivity contribution in [2.24, 2.45) is 0 Å². The number of likely N-dealkylation sites (N-methyl/N-ethyl adjacent to an activating group) is 1. The Morgan fingerprint density at radius 3 is 2.62 bits per heavy atom. The normalized spacial score (nSPS) is 12.1. The van der Waals surface area contributed by atoms with E-state index < -0.39 is 15.8 Å². The first-order chi connectivity index (χ1) is 7.39. The molecule has 0 spiro atoms. The zero-order chi connectivity index (χ0) is 12.3. The Balaban J connectivity index is 3.12. The van der Waals surface area contributed by atoms with Crippen molar-refractivity contribution in [2.75, 3.05) is 20.2 Å². The fourth-order valence-electron chi connectivity index (χ4n) is 1.08. The van der Waals surface area contributed by atoms with Crippen molar-refractivity contribution in [3.05, 3.63) is 28.5 Å². The van der Waals surface area contributed by atoms with E-state index >= 15 is 0 Å². The molecule has 0 saturated heterocycles. The van der Waals surface area contributed by atoms with Gasteiger partial charge in [-0.2, -0.15) is 4.31 Å². The van der Waals surface area contributed by atoms with E-state index in [0.717, 1.165) is 10.4 Å². The smallest absolute Gasteiger partial charge is 0.242 e. The monoisotopic (exact) mass is 311 g/mol. The zero-order valence-electron chi connectivity index (χ0n) is 8.52. The molecule has 0 heterocycles. The number of sulfonamides is 1. The molecule has 0 aliphatic rings. The van der Waals surface area contributed by atoms with E-state index in [4.69, 9.17) is 5.11 Å². The van der Waals surface area contributed by atoms with Crippen LogP contribution in [0.4, 0.5) is 4.39 Å². The highest BCUT2D eigenvalue weighted by molar-refractivity contribution is 9.10. The molecule has 0 unspecified atom stereocenters. The topological polar surface area (TPSA) is 57.6 Å². The molecule has 0 radical (unpaired) electrons. The Labute approximate surface area is 102 Å². The summed E-state index contributed by atoms with van der Waals surface area (Å²) in [6.45, 7) is -0.311. The second kappa shape index (κ2) is 5.22. The van der Waals surface area contributed by atoms with Crippen LogP contribution in [0.5, 0.6) is 0 Å². The molecular weight excluding hydrogens is 301 g/mol. The largest absolute Gasteiger partial charge is 0.395 e. The molecule has 0 fully saturated rings. The van der Waals surface area contributed by atoms with Gasteiger partial charge in [0.15, 0.2) is 0 Å². The third-order valence-electron chi connectivity index (χ3n) is 2.01. The van der Waals surface area contributed by atoms with Crippen molar-refractivity contribution in [1.82, 2.24) is 4.31 Å². The minimum atomic E-state index is -3.73. The molecule has 7 heteroatoms. The van der Waals surface area contributed by atoms with E-state index in [1.54, 1.807) is 0 Å². The summed E-state index contributed by atoms with van der Waals surface area (Å²) in [7, 11) is -2.40. The predicted molar refractivity (Wildman–Crippen MR) is 61.0 cm³/mol. The zero-order valence-corrected chi connectivity index (χ0v) is 10.9. The standard InChI is InChI=1S/C9H11BrFNO3S/c1-12(4-5-13)16(14,15)7-2-3-8(10)9(11)6-7/h2-3,6,13H,4-5H2,1H3. The maximum absolute atomic E-state index is 13.2. The van der Waals surface area contributed by atoms with Gasteiger partial charge in [0.05, 0.1) is 16.0 Å². The van der Waals surface area contributed by atoms with E-state index in [1.165, 1.54) is 19.2 Å². The van der Waals surface area contributed by atoms with E-state index in [0.29, 0.717) is 0 Å². The molecule has 0 bridgehead atoms. The van der Waals surface area contributed by atoms with Gasteiger partial charge in [0, 0.05) is 13.6 Å². The van der Waals surface area contributed by atoms with Crippen LogP contribution < -0.4 is 0 Å². The first-order valence-electron chi connectivity index (χ1n) is 4.42. The van der Waals surface area contributed by atoms with Crippen LogP contribution >= 0.6 is 15.9 Å². The predicted octanol–water partition coefficient (Wildman–Crippen LogP) is 1.20. The molecule has 0 saturated carbocycles. The number of benzene rings is 1. The third-order valence-corrected chi connectivity index (χ3v) is 4.51. The highest BCUT2D eigenvalue weighted by Crippen LogP contribution is 2.21. The minimum absolute atomic E-state index is 0.0278. The average Bonchev–Trinajstić information content (AvgIpc) is 2.22. The quantitative estimate of drug-likeness (QED) is 0.909. The summed E-state index contributed by atoms with van der Waals surface area (Å²) < 4.78 is 38.0. The second-order valence-electron chi connectivity index (χ2n) is 3.13. The van der Waals surface area contributed by atoms with E-state index in [9.17, 15) is 12.8 Å². The Kier molecular flexibility index (Phi) is 4.43. The van der Waals surface area contributed by atoms with Crippen LogP contribution in [0, 0.1) is 5.82 Å². The van der Waals surface area contributed by atoms with Gasteiger partial charge in [-0.3, -0.25) is 0 Å². The third kappa shape index (κ3) is 2.79. The summed E-state index contributed by atoms with van der Waals surface area (Å²) in [5, 5.41) is 8.66. The lowest BCUT2D eigenvalue weighted by molar-refractivity contribution is 0.266. The fraction of sp³-hybridized carbons (Fsp3) is 0.333. The van der Waals surface area contributed by atoms with Crippen LogP contribution in [0.15, 0.2) is 27.6 Å². The van der Waals surface area contributed by atoms with Crippen molar-refractivity contribution in [2.45, 2.75) is 4.90 Å². The first kappa shape index (κ1) is 13.6. The Hall–Kier alpha value is -0.500. The molecule has 1 aromatic carbocycles. The van der Waals surface area contributed by atoms with Gasteiger partial charge in [-0.15, -0.1) is 0 Å². The number of hydrogen-bond donors (Lipinski definition) is 1. The first-order valence-corrected chi connectivity index (χ1v) is 6.65. The SMILES string of the molecule is CN(CCO)S(=O)(=O)c1ccc(Br)c(F)c1. The maximum atomic E-state index is 13.2. The van der Waals surface area contributed by atoms with Gasteiger partial charge in [-0.25, -0.2) is 12.8 Å². The fourth-order valence-corrected chi connectivity index (χ4v) is 2.50. The summed E-state index contributed by atoms with van der Waals surface area (Å²) in [5.41, 5.74) is 0. The van der Waals surface area contributed by atoms with Crippen molar-refractivity contribution in [3.63, 3.8) is 0 Å². The minimum Gasteiger partial charge on any atom is -0.395 e. The molecule has 0 aliphatic carbocycles. The summed E-state index contributed by atoms with van der Waals surface area (Å²) in [5.74, 6) is -0.640. The number of aliphatic hydroxyl groups excluding tert-OH is 1. The average molecular weight is 312 g/mol. The Morgan fingerprint density at radius 2 is 2.12 bits per heavy atom. The van der Waals surface area contributed by atoms with Crippen molar-refractivity contribution < 1.29 is 17.9 Å². The van der Waals surface area contributed by atoms with Gasteiger partial charge < -0.3 is 5.11 Å². The molecule has 0 aliphatic heterocycles. The summed E-state index contributed by atoms with van der Waals surface area (Å²) in [6, 6.07) is 3.57. The number of nitrogens with zero attached hydrogens (tertiary/aromatic N) is 1. The molecule has 0 amide bonds. The van der Waals surface area contributed by atoms with E-state index in [-0.39, 0.29) is 22.5 Å². The molecule has 90 valence electrons. The molecular formula is C9H11BrFNO3S. The van der Waals surface area contributed by atoms with Crippen LogP contribution in [0.1, 0.15) is 0 Å². The lowest BCUT2D eigenvalue weighted by atomic mass is 10.3. The number of rotatable bonds is 4. The molecule has 0 aromatic heterocycles. The Bertz CT molecular complexity index is 478. The molecule has 1 rings (SSSR count). The van der Waals surface area contributed by atoms with Crippen LogP contribution in [-0.4, -0.2) is 38.0 Å². The van der Waals surface area contributed by atoms with Gasteiger partial charge in [0.2, 0.25) is 10.0 Å². The Morgan fingerprint density at radius 1 is 1.50 bits per heavy atom. The van der Waals surface area contributed by atoms with E-state index in [1.807, 2.05) is 0 Å². The molecule has 16 heavy (non-hydrogen) atoms. The molecule has 4 nitrogen and oxygen atoms in total. The molecule has 0 atom stereocenters. The highest BCUT2D eigenvalue weighted by Gasteiger charge is 2.21. The summed E-state index contributed by atoms with van der Waals surface area (Å²) >= 11 is 2.94. The lowest BCUT2D eigenvalue weighted by Gasteiger charge is -2.15. The van der Waals surface area contributed by atoms with Crippen LogP contribution in [0.2, 0.25) is 0 Å². The lowest BCUT2D eigenvalue weighted by Crippen LogP contribution is -2.29. The number of halogens is 2. The molecule has 1 N–H and O–H groups in total. The highest BCUT2D eigenvalue weighted by atomic mass is 79.9. The van der Waals surface area contributed by atoms with Crippen LogP contribution in [-0.2, 0) is 10.0 Å². The molecule has 1 aromatic rings. The van der Waals surface area contributed by atoms with Gasteiger partial charge in [0.25, 0.3) is 0 Å². The number of hydrogen-bond acceptors (Lipinski definition) is 3. The number of aliphatic hydroxyl groups is 1. The van der Waals surface area contributed by atoms with Gasteiger partial charge in [-0.05, 0) is 34.1 Å². The summed E-state index contributed by atoms with van der Waals surface area (Å²) in [6.07, 6.45) is 0. The van der Waals surface area contributed by atoms with Crippen molar-refractivity contribution in [1.29, 1.82) is 0 Å².